The number of anilines is 1. The number of amides is 1. The van der Waals surface area contributed by atoms with Gasteiger partial charge in [0, 0.05) is 38.3 Å². The summed E-state index contributed by atoms with van der Waals surface area (Å²) < 4.78 is 4.49. The second kappa shape index (κ2) is 7.25. The fraction of sp³-hybridized carbons (Fsp3) is 0.100. The topological polar surface area (TPSA) is 72.5 Å². The molecule has 0 aromatic heterocycles. The van der Waals surface area contributed by atoms with E-state index in [9.17, 15) is 14.4 Å². The minimum atomic E-state index is -0.540. The van der Waals surface area contributed by atoms with Crippen LogP contribution < -0.4 is 5.32 Å². The summed E-state index contributed by atoms with van der Waals surface area (Å²) in [5.41, 5.74) is 0.745. The molecule has 0 atom stereocenters. The molecule has 1 N–H and O–H groups in total. The summed E-state index contributed by atoms with van der Waals surface area (Å²) in [7, 11) is 1.24. The smallest absolute Gasteiger partial charge is 0.336 e. The first-order valence-electron chi connectivity index (χ1n) is 4.03. The monoisotopic (exact) mass is 295 g/mol. The van der Waals surface area contributed by atoms with Gasteiger partial charge >= 0.3 is 5.97 Å². The number of esters is 1. The SMILES string of the molecule is COC(=O)c1ccc(C=O)c(N[C-]=O)c1.[Y]. The van der Waals surface area contributed by atoms with E-state index >= 15 is 0 Å². The van der Waals surface area contributed by atoms with Crippen molar-refractivity contribution in [2.24, 2.45) is 0 Å². The molecule has 6 heteroatoms. The summed E-state index contributed by atoms with van der Waals surface area (Å²) in [4.78, 5) is 31.8. The molecule has 1 rings (SSSR count). The van der Waals surface area contributed by atoms with Gasteiger partial charge in [-0.3, -0.25) is 4.79 Å². The molecule has 1 radical (unpaired) electrons. The molecular weight excluding hydrogens is 287 g/mol. The van der Waals surface area contributed by atoms with Crippen molar-refractivity contribution in [1.29, 1.82) is 0 Å². The molecule has 81 valence electrons. The molecular formula is C10H8NO4Y-. The molecule has 16 heavy (non-hydrogen) atoms. The Bertz CT molecular complexity index is 406. The van der Waals surface area contributed by atoms with E-state index in [1.54, 1.807) is 0 Å². The van der Waals surface area contributed by atoms with Crippen LogP contribution in [0.15, 0.2) is 18.2 Å². The number of carbonyl (C=O) groups excluding carboxylic acids is 3. The maximum absolute atomic E-state index is 11.1. The Kier molecular flexibility index (Phi) is 6.76. The van der Waals surface area contributed by atoms with Crippen LogP contribution in [0.2, 0.25) is 0 Å². The van der Waals surface area contributed by atoms with E-state index in [2.05, 4.69) is 10.1 Å². The van der Waals surface area contributed by atoms with Crippen molar-refractivity contribution in [1.82, 2.24) is 0 Å². The standard InChI is InChI=1S/C10H8NO4.Y/c1-15-10(14)7-2-3-8(5-12)9(4-7)11-6-13;/h2-5H,1H3,(H,11,13);/q-1;. The maximum Gasteiger partial charge on any atom is 0.336 e. The van der Waals surface area contributed by atoms with Crippen LogP contribution in [0, 0.1) is 0 Å². The van der Waals surface area contributed by atoms with Crippen LogP contribution >= 0.6 is 0 Å². The number of aldehydes is 1. The van der Waals surface area contributed by atoms with E-state index in [1.165, 1.54) is 31.7 Å². The van der Waals surface area contributed by atoms with Gasteiger partial charge in [-0.25, -0.2) is 4.79 Å². The minimum Gasteiger partial charge on any atom is -0.490 e. The maximum atomic E-state index is 11.1. The van der Waals surface area contributed by atoms with Gasteiger partial charge in [0.1, 0.15) is 6.29 Å². The molecule has 1 aromatic rings. The van der Waals surface area contributed by atoms with Crippen molar-refractivity contribution in [3.05, 3.63) is 29.3 Å². The molecule has 5 nitrogen and oxygen atoms in total. The second-order valence-corrected chi connectivity index (χ2v) is 2.64. The Morgan fingerprint density at radius 3 is 2.69 bits per heavy atom. The molecule has 1 amide bonds. The third-order valence-corrected chi connectivity index (χ3v) is 1.79. The number of nitrogens with one attached hydrogen (secondary N) is 1. The molecule has 0 fully saturated rings. The van der Waals surface area contributed by atoms with Crippen LogP contribution in [0.1, 0.15) is 20.7 Å². The molecule has 0 saturated carbocycles. The van der Waals surface area contributed by atoms with Crippen LogP contribution in [0.3, 0.4) is 0 Å². The predicted molar refractivity (Wildman–Crippen MR) is 52.5 cm³/mol. The predicted octanol–water partition coefficient (Wildman–Crippen LogP) is 0.762. The first-order valence-corrected chi connectivity index (χ1v) is 4.03. The van der Waals surface area contributed by atoms with Crippen molar-refractivity contribution in [2.75, 3.05) is 12.4 Å². The second-order valence-electron chi connectivity index (χ2n) is 2.64. The normalized spacial score (nSPS) is 8.56. The average molecular weight is 295 g/mol. The Morgan fingerprint density at radius 1 is 1.50 bits per heavy atom. The first-order chi connectivity index (χ1) is 7.22. The zero-order valence-electron chi connectivity index (χ0n) is 8.52. The van der Waals surface area contributed by atoms with Crippen molar-refractivity contribution in [3.8, 4) is 0 Å². The van der Waals surface area contributed by atoms with Gasteiger partial charge < -0.3 is 14.8 Å². The Hall–Kier alpha value is -1.07. The van der Waals surface area contributed by atoms with Crippen molar-refractivity contribution in [2.45, 2.75) is 0 Å². The summed E-state index contributed by atoms with van der Waals surface area (Å²) in [6.07, 6.45) is 2.00. The Labute approximate surface area is 117 Å². The average Bonchev–Trinajstić information content (AvgIpc) is 2.28. The van der Waals surface area contributed by atoms with Gasteiger partial charge in [0.05, 0.1) is 13.5 Å². The Balaban J connectivity index is 0.00000225. The summed E-state index contributed by atoms with van der Waals surface area (Å²) in [5.74, 6) is -0.540. The largest absolute Gasteiger partial charge is 0.490 e. The molecule has 0 heterocycles. The van der Waals surface area contributed by atoms with Crippen molar-refractivity contribution >= 4 is 24.4 Å². The van der Waals surface area contributed by atoms with Gasteiger partial charge in [0.2, 0.25) is 0 Å². The summed E-state index contributed by atoms with van der Waals surface area (Å²) >= 11 is 0. The molecule has 0 aliphatic heterocycles. The zero-order chi connectivity index (χ0) is 11.3. The molecule has 0 spiro atoms. The van der Waals surface area contributed by atoms with E-state index < -0.39 is 5.97 Å². The van der Waals surface area contributed by atoms with Gasteiger partial charge in [-0.05, 0) is 11.6 Å². The van der Waals surface area contributed by atoms with Crippen molar-refractivity contribution < 1.29 is 51.8 Å². The van der Waals surface area contributed by atoms with E-state index in [0.717, 1.165) is 0 Å². The van der Waals surface area contributed by atoms with Crippen LogP contribution in [-0.4, -0.2) is 25.8 Å². The molecule has 0 unspecified atom stereocenters. The number of carbonyl (C=O) groups is 2. The van der Waals surface area contributed by atoms with Gasteiger partial charge in [-0.2, -0.15) is 0 Å². The third kappa shape index (κ3) is 3.50. The zero-order valence-corrected chi connectivity index (χ0v) is 11.4. The van der Waals surface area contributed by atoms with E-state index in [1.807, 2.05) is 0 Å². The van der Waals surface area contributed by atoms with Gasteiger partial charge in [0.25, 0.3) is 0 Å². The van der Waals surface area contributed by atoms with Gasteiger partial charge in [-0.1, -0.05) is 11.8 Å². The molecule has 0 aliphatic rings. The quantitative estimate of drug-likeness (QED) is 0.385. The third-order valence-electron chi connectivity index (χ3n) is 1.79. The number of methoxy groups -OCH3 is 1. The van der Waals surface area contributed by atoms with E-state index in [0.29, 0.717) is 6.29 Å². The van der Waals surface area contributed by atoms with Gasteiger partial charge in [-0.15, -0.1) is 6.07 Å². The number of hydrogen-bond donors (Lipinski definition) is 1. The number of ether oxygens (including phenoxy) is 1. The van der Waals surface area contributed by atoms with Crippen LogP contribution in [0.4, 0.5) is 5.69 Å². The number of hydrogen-bond acceptors (Lipinski definition) is 4. The van der Waals surface area contributed by atoms with E-state index in [-0.39, 0.29) is 49.5 Å². The fourth-order valence-electron chi connectivity index (χ4n) is 1.07. The summed E-state index contributed by atoms with van der Waals surface area (Å²) in [5, 5.41) is 2.20. The molecule has 0 bridgehead atoms. The fourth-order valence-corrected chi connectivity index (χ4v) is 1.07. The van der Waals surface area contributed by atoms with Gasteiger partial charge in [0.15, 0.2) is 0 Å². The molecule has 0 saturated heterocycles. The van der Waals surface area contributed by atoms with Crippen LogP contribution in [0.25, 0.3) is 0 Å². The first kappa shape index (κ1) is 14.9. The van der Waals surface area contributed by atoms with Crippen LogP contribution in [0.5, 0.6) is 0 Å². The molecule has 1 aromatic carbocycles. The van der Waals surface area contributed by atoms with Crippen molar-refractivity contribution in [3.63, 3.8) is 0 Å². The minimum absolute atomic E-state index is 0. The Morgan fingerprint density at radius 2 is 2.19 bits per heavy atom. The number of benzene rings is 1. The molecule has 0 aliphatic carbocycles. The number of rotatable bonds is 4. The van der Waals surface area contributed by atoms with E-state index in [4.69, 9.17) is 0 Å². The van der Waals surface area contributed by atoms with Crippen LogP contribution in [-0.2, 0) is 42.2 Å². The summed E-state index contributed by atoms with van der Waals surface area (Å²) in [6.45, 7) is 0. The summed E-state index contributed by atoms with van der Waals surface area (Å²) in [6, 6.07) is 4.20.